The van der Waals surface area contributed by atoms with E-state index in [1.807, 2.05) is 26.0 Å². The summed E-state index contributed by atoms with van der Waals surface area (Å²) in [6, 6.07) is 0. The van der Waals surface area contributed by atoms with Crippen LogP contribution in [0.3, 0.4) is 0 Å². The molecule has 0 bridgehead atoms. The highest BCUT2D eigenvalue weighted by molar-refractivity contribution is 5.72. The van der Waals surface area contributed by atoms with Crippen LogP contribution >= 0.6 is 0 Å². The summed E-state index contributed by atoms with van der Waals surface area (Å²) in [6.45, 7) is 5.97. The molecule has 6 nitrogen and oxygen atoms in total. The van der Waals surface area contributed by atoms with Crippen LogP contribution in [0.4, 0.5) is 0 Å². The van der Waals surface area contributed by atoms with Gasteiger partial charge in [-0.3, -0.25) is 9.59 Å². The van der Waals surface area contributed by atoms with Crippen molar-refractivity contribution < 1.29 is 29.3 Å². The van der Waals surface area contributed by atoms with E-state index in [4.69, 9.17) is 9.47 Å². The molecule has 29 heavy (non-hydrogen) atoms. The minimum Gasteiger partial charge on any atom is -0.462 e. The first-order valence-electron chi connectivity index (χ1n) is 10.9. The van der Waals surface area contributed by atoms with Crippen molar-refractivity contribution in [3.05, 3.63) is 23.8 Å². The van der Waals surface area contributed by atoms with Crippen LogP contribution in [0.15, 0.2) is 23.8 Å². The van der Waals surface area contributed by atoms with E-state index in [2.05, 4.69) is 13.0 Å². The maximum Gasteiger partial charge on any atom is 0.308 e. The highest BCUT2D eigenvalue weighted by atomic mass is 16.6. The molecule has 0 radical (unpaired) electrons. The molecule has 2 N–H and O–H groups in total. The van der Waals surface area contributed by atoms with Gasteiger partial charge in [-0.1, -0.05) is 39.0 Å². The number of hydrogen-bond acceptors (Lipinski definition) is 6. The van der Waals surface area contributed by atoms with Crippen LogP contribution in [-0.4, -0.2) is 46.6 Å². The normalized spacial score (nSPS) is 37.9. The van der Waals surface area contributed by atoms with E-state index in [9.17, 15) is 19.8 Å². The number of hydrogen-bond donors (Lipinski definition) is 2. The molecular formula is C23H34O6. The maximum absolute atomic E-state index is 12.5. The van der Waals surface area contributed by atoms with Gasteiger partial charge >= 0.3 is 11.9 Å². The monoisotopic (exact) mass is 406 g/mol. The van der Waals surface area contributed by atoms with Gasteiger partial charge in [-0.25, -0.2) is 0 Å². The lowest BCUT2D eigenvalue weighted by atomic mass is 9.66. The second-order valence-electron chi connectivity index (χ2n) is 8.95. The van der Waals surface area contributed by atoms with E-state index in [0.29, 0.717) is 19.3 Å². The van der Waals surface area contributed by atoms with Crippen LogP contribution in [0.25, 0.3) is 0 Å². The van der Waals surface area contributed by atoms with Gasteiger partial charge in [-0.15, -0.1) is 0 Å². The summed E-state index contributed by atoms with van der Waals surface area (Å²) in [7, 11) is 0. The zero-order valence-electron chi connectivity index (χ0n) is 17.6. The molecule has 0 aromatic carbocycles. The Morgan fingerprint density at radius 2 is 2.07 bits per heavy atom. The number of rotatable bonds is 6. The molecule has 162 valence electrons. The van der Waals surface area contributed by atoms with Crippen molar-refractivity contribution in [2.75, 3.05) is 0 Å². The van der Waals surface area contributed by atoms with Gasteiger partial charge in [-0.05, 0) is 36.7 Å². The third-order valence-corrected chi connectivity index (χ3v) is 6.71. The predicted molar refractivity (Wildman–Crippen MR) is 108 cm³/mol. The van der Waals surface area contributed by atoms with Crippen molar-refractivity contribution >= 4 is 11.9 Å². The summed E-state index contributed by atoms with van der Waals surface area (Å²) < 4.78 is 11.3. The molecule has 8 atom stereocenters. The first-order chi connectivity index (χ1) is 13.8. The molecule has 0 amide bonds. The van der Waals surface area contributed by atoms with Gasteiger partial charge in [-0.2, -0.15) is 0 Å². The Hall–Kier alpha value is -1.66. The van der Waals surface area contributed by atoms with Crippen LogP contribution in [0, 0.1) is 23.7 Å². The Morgan fingerprint density at radius 3 is 2.76 bits per heavy atom. The van der Waals surface area contributed by atoms with E-state index >= 15 is 0 Å². The fourth-order valence-electron chi connectivity index (χ4n) is 4.84. The molecule has 0 spiro atoms. The van der Waals surface area contributed by atoms with Gasteiger partial charge in [0.2, 0.25) is 0 Å². The van der Waals surface area contributed by atoms with Gasteiger partial charge in [0.1, 0.15) is 12.2 Å². The van der Waals surface area contributed by atoms with Crippen molar-refractivity contribution in [1.82, 2.24) is 0 Å². The third-order valence-electron chi connectivity index (χ3n) is 6.71. The van der Waals surface area contributed by atoms with Gasteiger partial charge in [0.05, 0.1) is 24.5 Å². The van der Waals surface area contributed by atoms with E-state index in [1.165, 1.54) is 0 Å². The molecule has 3 aliphatic rings. The first-order valence-corrected chi connectivity index (χ1v) is 10.9. The van der Waals surface area contributed by atoms with Crippen molar-refractivity contribution in [3.8, 4) is 0 Å². The van der Waals surface area contributed by atoms with Crippen LogP contribution in [0.1, 0.15) is 59.3 Å². The van der Waals surface area contributed by atoms with Crippen LogP contribution < -0.4 is 0 Å². The third kappa shape index (κ3) is 5.28. The molecule has 2 aliphatic carbocycles. The number of carbonyl (C=O) groups is 2. The summed E-state index contributed by atoms with van der Waals surface area (Å²) in [6.07, 6.45) is 7.31. The Morgan fingerprint density at radius 1 is 1.31 bits per heavy atom. The van der Waals surface area contributed by atoms with Crippen molar-refractivity contribution in [3.63, 3.8) is 0 Å². The average Bonchev–Trinajstić information content (AvgIpc) is 2.65. The molecular weight excluding hydrogens is 372 g/mol. The number of carbonyl (C=O) groups excluding carboxylic acids is 2. The summed E-state index contributed by atoms with van der Waals surface area (Å²) in [5.41, 5.74) is 1.02. The maximum atomic E-state index is 12.5. The van der Waals surface area contributed by atoms with Crippen LogP contribution in [0.2, 0.25) is 0 Å². The highest BCUT2D eigenvalue weighted by Gasteiger charge is 2.42. The number of aliphatic hydroxyl groups is 2. The lowest BCUT2D eigenvalue weighted by molar-refractivity contribution is -0.162. The Kier molecular flexibility index (Phi) is 7.17. The van der Waals surface area contributed by atoms with Gasteiger partial charge < -0.3 is 19.7 Å². The molecule has 1 saturated heterocycles. The number of aliphatic hydroxyl groups excluding tert-OH is 2. The molecule has 1 aliphatic heterocycles. The Balaban J connectivity index is 1.74. The molecule has 1 fully saturated rings. The van der Waals surface area contributed by atoms with Gasteiger partial charge in [0, 0.05) is 18.8 Å². The SMILES string of the molecule is CC[C@@H](C)C(=O)O[C@H]1CC(O)C=C2C=C[C@H](C)[C@H](CC[C@H]3C[C@H](O)CC(=O)O3)[C@H]21. The smallest absolute Gasteiger partial charge is 0.308 e. The first kappa shape index (κ1) is 22.0. The summed E-state index contributed by atoms with van der Waals surface area (Å²) in [4.78, 5) is 24.1. The summed E-state index contributed by atoms with van der Waals surface area (Å²) in [5.74, 6) is -0.203. The number of ether oxygens (including phenoxy) is 2. The van der Waals surface area contributed by atoms with Crippen molar-refractivity contribution in [2.45, 2.75) is 83.7 Å². The van der Waals surface area contributed by atoms with E-state index in [-0.39, 0.29) is 54.2 Å². The van der Waals surface area contributed by atoms with Gasteiger partial charge in [0.25, 0.3) is 0 Å². The topological polar surface area (TPSA) is 93.1 Å². The van der Waals surface area contributed by atoms with Crippen molar-refractivity contribution in [2.24, 2.45) is 23.7 Å². The molecule has 6 heteroatoms. The second-order valence-corrected chi connectivity index (χ2v) is 8.95. The Labute approximate surface area is 173 Å². The molecule has 0 aromatic heterocycles. The van der Waals surface area contributed by atoms with Crippen LogP contribution in [0.5, 0.6) is 0 Å². The molecule has 1 unspecified atom stereocenters. The van der Waals surface area contributed by atoms with E-state index in [1.54, 1.807) is 0 Å². The van der Waals surface area contributed by atoms with E-state index < -0.39 is 12.2 Å². The quantitative estimate of drug-likeness (QED) is 0.659. The lowest BCUT2D eigenvalue weighted by Crippen LogP contribution is -2.43. The molecule has 0 aromatic rings. The zero-order valence-corrected chi connectivity index (χ0v) is 17.6. The number of fused-ring (bicyclic) bond motifs is 1. The zero-order chi connectivity index (χ0) is 21.1. The molecule has 3 rings (SSSR count). The molecule has 1 heterocycles. The predicted octanol–water partition coefficient (Wildman–Crippen LogP) is 2.92. The minimum absolute atomic E-state index is 0.0237. The lowest BCUT2D eigenvalue weighted by Gasteiger charge is -2.43. The number of allylic oxidation sites excluding steroid dienone is 2. The molecule has 0 saturated carbocycles. The average molecular weight is 407 g/mol. The van der Waals surface area contributed by atoms with E-state index in [0.717, 1.165) is 18.4 Å². The fraction of sp³-hybridized carbons (Fsp3) is 0.739. The number of cyclic esters (lactones) is 1. The van der Waals surface area contributed by atoms with Crippen molar-refractivity contribution in [1.29, 1.82) is 0 Å². The standard InChI is InChI=1S/C23H34O6/c1-4-13(2)23(27)29-20-11-16(24)9-15-6-5-14(3)19(22(15)20)8-7-18-10-17(25)12-21(26)28-18/h5-6,9,13-14,16-20,22,24-25H,4,7-8,10-12H2,1-3H3/t13-,14+,16?,17+,18+,19+,20+,22+/m1/s1. The van der Waals surface area contributed by atoms with Crippen LogP contribution in [-0.2, 0) is 19.1 Å². The minimum atomic E-state index is -0.630. The highest BCUT2D eigenvalue weighted by Crippen LogP contribution is 2.44. The summed E-state index contributed by atoms with van der Waals surface area (Å²) in [5, 5.41) is 20.2. The largest absolute Gasteiger partial charge is 0.462 e. The summed E-state index contributed by atoms with van der Waals surface area (Å²) >= 11 is 0. The Bertz CT molecular complexity index is 668. The second kappa shape index (κ2) is 9.43. The van der Waals surface area contributed by atoms with Gasteiger partial charge in [0.15, 0.2) is 0 Å². The fourth-order valence-corrected chi connectivity index (χ4v) is 4.84. The number of esters is 2.